The average molecular weight is 313 g/mol. The summed E-state index contributed by atoms with van der Waals surface area (Å²) in [5.41, 5.74) is 2.04. The Bertz CT molecular complexity index is 506. The van der Waals surface area contributed by atoms with Gasteiger partial charge in [0.2, 0.25) is 0 Å². The number of aliphatic hydroxyl groups is 1. The average Bonchev–Trinajstić information content (AvgIpc) is 2.99. The van der Waals surface area contributed by atoms with Gasteiger partial charge >= 0.3 is 0 Å². The summed E-state index contributed by atoms with van der Waals surface area (Å²) in [6, 6.07) is 0. The molecule has 2 aromatic rings. The number of H-pyrrole nitrogens is 1. The Kier molecular flexibility index (Phi) is 4.19. The van der Waals surface area contributed by atoms with Crippen LogP contribution in [0.15, 0.2) is 16.9 Å². The van der Waals surface area contributed by atoms with Gasteiger partial charge in [0.15, 0.2) is 0 Å². The highest BCUT2D eigenvalue weighted by Crippen LogP contribution is 2.26. The fourth-order valence-electron chi connectivity index (χ4n) is 1.95. The number of aryl methyl sites for hydroxylation is 2. The molecule has 98 valence electrons. The molecule has 18 heavy (non-hydrogen) atoms. The van der Waals surface area contributed by atoms with E-state index in [2.05, 4.69) is 37.9 Å². The molecular weight excluding hydrogens is 296 g/mol. The van der Waals surface area contributed by atoms with Gasteiger partial charge in [-0.3, -0.25) is 4.68 Å². The van der Waals surface area contributed by atoms with Crippen molar-refractivity contribution in [3.63, 3.8) is 0 Å². The van der Waals surface area contributed by atoms with E-state index in [4.69, 9.17) is 0 Å². The van der Waals surface area contributed by atoms with Gasteiger partial charge in [-0.15, -0.1) is 0 Å². The highest BCUT2D eigenvalue weighted by atomic mass is 79.9. The minimum Gasteiger partial charge on any atom is -0.385 e. The minimum atomic E-state index is -0.636. The standard InChI is InChI=1S/C12H17BrN4O/c1-3-8-11(13)9(17(4-2)16-8)7-10(18)12-14-5-6-15-12/h5-6,10,18H,3-4,7H2,1-2H3,(H,14,15). The predicted molar refractivity (Wildman–Crippen MR) is 72.2 cm³/mol. The number of nitrogens with one attached hydrogen (secondary N) is 1. The van der Waals surface area contributed by atoms with Crippen LogP contribution in [0, 0.1) is 0 Å². The van der Waals surface area contributed by atoms with Gasteiger partial charge < -0.3 is 10.1 Å². The van der Waals surface area contributed by atoms with Gasteiger partial charge in [0.05, 0.1) is 15.9 Å². The zero-order chi connectivity index (χ0) is 13.1. The minimum absolute atomic E-state index is 0.495. The lowest BCUT2D eigenvalue weighted by Gasteiger charge is -2.10. The molecule has 0 spiro atoms. The number of nitrogens with zero attached hydrogens (tertiary/aromatic N) is 3. The molecule has 1 atom stereocenters. The molecule has 0 fully saturated rings. The molecule has 1 unspecified atom stereocenters. The summed E-state index contributed by atoms with van der Waals surface area (Å²) in [5.74, 6) is 0.587. The normalized spacial score (nSPS) is 12.9. The summed E-state index contributed by atoms with van der Waals surface area (Å²) in [4.78, 5) is 7.00. The SMILES string of the molecule is CCc1nn(CC)c(CC(O)c2ncc[nH]2)c1Br. The number of hydrogen-bond donors (Lipinski definition) is 2. The van der Waals surface area contributed by atoms with E-state index in [-0.39, 0.29) is 0 Å². The number of hydrogen-bond acceptors (Lipinski definition) is 3. The van der Waals surface area contributed by atoms with Crippen LogP contribution in [0.1, 0.15) is 37.2 Å². The van der Waals surface area contributed by atoms with Crippen molar-refractivity contribution in [2.75, 3.05) is 0 Å². The van der Waals surface area contributed by atoms with E-state index < -0.39 is 6.10 Å². The second-order valence-corrected chi connectivity index (χ2v) is 4.86. The molecule has 2 aromatic heterocycles. The molecule has 0 saturated heterocycles. The molecule has 2 rings (SSSR count). The fourth-order valence-corrected chi connectivity index (χ4v) is 2.68. The number of imidazole rings is 1. The summed E-state index contributed by atoms with van der Waals surface area (Å²) < 4.78 is 2.92. The van der Waals surface area contributed by atoms with Gasteiger partial charge in [0, 0.05) is 25.4 Å². The Morgan fingerprint density at radius 2 is 2.28 bits per heavy atom. The largest absolute Gasteiger partial charge is 0.385 e. The quantitative estimate of drug-likeness (QED) is 0.889. The summed E-state index contributed by atoms with van der Waals surface area (Å²) in [6.07, 6.45) is 4.08. The van der Waals surface area contributed by atoms with Crippen molar-refractivity contribution in [1.82, 2.24) is 19.7 Å². The van der Waals surface area contributed by atoms with Gasteiger partial charge in [0.1, 0.15) is 11.9 Å². The van der Waals surface area contributed by atoms with E-state index in [9.17, 15) is 5.11 Å². The van der Waals surface area contributed by atoms with Crippen molar-refractivity contribution in [1.29, 1.82) is 0 Å². The van der Waals surface area contributed by atoms with Crippen LogP contribution in [-0.4, -0.2) is 24.9 Å². The molecule has 2 heterocycles. The molecule has 0 aromatic carbocycles. The van der Waals surface area contributed by atoms with Crippen molar-refractivity contribution < 1.29 is 5.11 Å². The monoisotopic (exact) mass is 312 g/mol. The molecule has 0 radical (unpaired) electrons. The second-order valence-electron chi connectivity index (χ2n) is 4.07. The lowest BCUT2D eigenvalue weighted by Crippen LogP contribution is -2.10. The zero-order valence-electron chi connectivity index (χ0n) is 10.5. The van der Waals surface area contributed by atoms with Crippen molar-refractivity contribution in [3.8, 4) is 0 Å². The summed E-state index contributed by atoms with van der Waals surface area (Å²) in [5, 5.41) is 14.6. The first-order chi connectivity index (χ1) is 8.67. The predicted octanol–water partition coefficient (Wildman–Crippen LogP) is 2.23. The van der Waals surface area contributed by atoms with E-state index in [0.717, 1.165) is 28.8 Å². The second kappa shape index (κ2) is 5.67. The Balaban J connectivity index is 2.25. The third-order valence-electron chi connectivity index (χ3n) is 2.92. The summed E-state index contributed by atoms with van der Waals surface area (Å²) >= 11 is 3.57. The van der Waals surface area contributed by atoms with Gasteiger partial charge in [-0.25, -0.2) is 4.98 Å². The van der Waals surface area contributed by atoms with E-state index >= 15 is 0 Å². The molecule has 0 saturated carbocycles. The van der Waals surface area contributed by atoms with Crippen molar-refractivity contribution in [2.45, 2.75) is 39.3 Å². The lowest BCUT2D eigenvalue weighted by atomic mass is 10.1. The third kappa shape index (κ3) is 2.49. The first-order valence-corrected chi connectivity index (χ1v) is 6.88. The molecule has 0 aliphatic carbocycles. The molecular formula is C12H17BrN4O. The van der Waals surface area contributed by atoms with Gasteiger partial charge in [0.25, 0.3) is 0 Å². The van der Waals surface area contributed by atoms with Crippen LogP contribution >= 0.6 is 15.9 Å². The molecule has 0 aliphatic rings. The maximum Gasteiger partial charge on any atom is 0.135 e. The lowest BCUT2D eigenvalue weighted by molar-refractivity contribution is 0.166. The third-order valence-corrected chi connectivity index (χ3v) is 3.83. The number of aliphatic hydroxyl groups excluding tert-OH is 1. The van der Waals surface area contributed by atoms with Crippen LogP contribution in [0.2, 0.25) is 0 Å². The van der Waals surface area contributed by atoms with Gasteiger partial charge in [-0.1, -0.05) is 6.92 Å². The summed E-state index contributed by atoms with van der Waals surface area (Å²) in [7, 11) is 0. The molecule has 0 amide bonds. The first kappa shape index (κ1) is 13.3. The number of aromatic amines is 1. The van der Waals surface area contributed by atoms with Crippen LogP contribution in [0.4, 0.5) is 0 Å². The smallest absolute Gasteiger partial charge is 0.135 e. The van der Waals surface area contributed by atoms with Crippen LogP contribution in [-0.2, 0) is 19.4 Å². The number of rotatable bonds is 5. The molecule has 6 heteroatoms. The van der Waals surface area contributed by atoms with E-state index in [1.165, 1.54) is 0 Å². The Labute approximate surface area is 114 Å². The molecule has 0 aliphatic heterocycles. The molecule has 2 N–H and O–H groups in total. The van der Waals surface area contributed by atoms with Crippen LogP contribution in [0.3, 0.4) is 0 Å². The Morgan fingerprint density at radius 3 is 2.83 bits per heavy atom. The van der Waals surface area contributed by atoms with Crippen molar-refractivity contribution in [3.05, 3.63) is 34.1 Å². The van der Waals surface area contributed by atoms with E-state index in [1.807, 2.05) is 11.6 Å². The number of aromatic nitrogens is 4. The van der Waals surface area contributed by atoms with Crippen LogP contribution < -0.4 is 0 Å². The molecule has 0 bridgehead atoms. The number of halogens is 1. The van der Waals surface area contributed by atoms with Crippen molar-refractivity contribution in [2.24, 2.45) is 0 Å². The highest BCUT2D eigenvalue weighted by molar-refractivity contribution is 9.10. The fraction of sp³-hybridized carbons (Fsp3) is 0.500. The zero-order valence-corrected chi connectivity index (χ0v) is 12.1. The van der Waals surface area contributed by atoms with E-state index in [0.29, 0.717) is 12.2 Å². The maximum atomic E-state index is 10.1. The topological polar surface area (TPSA) is 66.7 Å². The molecule has 5 nitrogen and oxygen atoms in total. The van der Waals surface area contributed by atoms with Crippen molar-refractivity contribution >= 4 is 15.9 Å². The van der Waals surface area contributed by atoms with Crippen LogP contribution in [0.5, 0.6) is 0 Å². The summed E-state index contributed by atoms with van der Waals surface area (Å²) in [6.45, 7) is 4.90. The Hall–Kier alpha value is -1.14. The highest BCUT2D eigenvalue weighted by Gasteiger charge is 2.19. The maximum absolute atomic E-state index is 10.1. The van der Waals surface area contributed by atoms with Crippen LogP contribution in [0.25, 0.3) is 0 Å². The van der Waals surface area contributed by atoms with Gasteiger partial charge in [-0.05, 0) is 29.3 Å². The Morgan fingerprint density at radius 1 is 1.50 bits per heavy atom. The first-order valence-electron chi connectivity index (χ1n) is 6.08. The van der Waals surface area contributed by atoms with Gasteiger partial charge in [-0.2, -0.15) is 5.10 Å². The van der Waals surface area contributed by atoms with E-state index in [1.54, 1.807) is 12.4 Å².